The van der Waals surface area contributed by atoms with Gasteiger partial charge in [-0.25, -0.2) is 4.98 Å². The Morgan fingerprint density at radius 2 is 2.09 bits per heavy atom. The number of aromatic nitrogens is 2. The summed E-state index contributed by atoms with van der Waals surface area (Å²) in [5.41, 5.74) is 0.313. The van der Waals surface area contributed by atoms with Gasteiger partial charge in [0.15, 0.2) is 0 Å². The topological polar surface area (TPSA) is 78.4 Å². The molecule has 1 N–H and O–H groups in total. The first kappa shape index (κ1) is 17.2. The highest BCUT2D eigenvalue weighted by Gasteiger charge is 2.33. The summed E-state index contributed by atoms with van der Waals surface area (Å²) >= 11 is 0. The average molecular weight is 319 g/mol. The van der Waals surface area contributed by atoms with Gasteiger partial charge in [-0.3, -0.25) is 14.6 Å². The number of hydrogen-bond donors (Lipinski definition) is 1. The fourth-order valence-electron chi connectivity index (χ4n) is 2.91. The first-order chi connectivity index (χ1) is 10.9. The first-order valence-electron chi connectivity index (χ1n) is 7.98. The van der Waals surface area contributed by atoms with Crippen molar-refractivity contribution in [3.8, 4) is 0 Å². The number of anilines is 1. The maximum absolute atomic E-state index is 12.0. The number of carbonyl (C=O) groups is 2. The molecule has 0 spiro atoms. The van der Waals surface area contributed by atoms with E-state index in [-0.39, 0.29) is 17.9 Å². The van der Waals surface area contributed by atoms with Crippen LogP contribution >= 0.6 is 0 Å². The van der Waals surface area contributed by atoms with Gasteiger partial charge in [0.2, 0.25) is 5.91 Å². The Labute approximate surface area is 137 Å². The molecule has 2 amide bonds. The number of nitrogens with zero attached hydrogens (tertiary/aromatic N) is 4. The number of nitrogens with one attached hydrogen (secondary N) is 1. The van der Waals surface area contributed by atoms with E-state index >= 15 is 0 Å². The van der Waals surface area contributed by atoms with E-state index in [1.807, 2.05) is 4.90 Å². The number of likely N-dealkylation sites (tertiary alicyclic amines) is 1. The fraction of sp³-hybridized carbons (Fsp3) is 0.625. The number of rotatable bonds is 5. The molecule has 0 saturated carbocycles. The Kier molecular flexibility index (Phi) is 5.52. The Balaban J connectivity index is 2.12. The molecule has 0 bridgehead atoms. The van der Waals surface area contributed by atoms with Gasteiger partial charge in [-0.15, -0.1) is 0 Å². The Morgan fingerprint density at radius 3 is 2.70 bits per heavy atom. The minimum atomic E-state index is -0.178. The van der Waals surface area contributed by atoms with Gasteiger partial charge in [-0.05, 0) is 12.3 Å². The van der Waals surface area contributed by atoms with Crippen LogP contribution < -0.4 is 5.32 Å². The molecule has 2 atom stereocenters. The van der Waals surface area contributed by atoms with Gasteiger partial charge < -0.3 is 15.1 Å². The van der Waals surface area contributed by atoms with E-state index in [1.165, 1.54) is 11.1 Å². The molecule has 1 aliphatic rings. The Hall–Kier alpha value is -2.18. The van der Waals surface area contributed by atoms with E-state index in [2.05, 4.69) is 22.2 Å². The SMILES string of the molecule is CCC[C@@H]1CN(C(C)=O)C[C@H]1Nc1cncc(C(=O)N(C)C)n1. The average Bonchev–Trinajstić information content (AvgIpc) is 2.90. The van der Waals surface area contributed by atoms with Crippen LogP contribution in [0.2, 0.25) is 0 Å². The van der Waals surface area contributed by atoms with Crippen molar-refractivity contribution in [2.24, 2.45) is 5.92 Å². The minimum absolute atomic E-state index is 0.0954. The lowest BCUT2D eigenvalue weighted by atomic mass is 9.98. The molecule has 2 rings (SSSR count). The molecule has 0 aliphatic carbocycles. The predicted octanol–water partition coefficient (Wildman–Crippen LogP) is 1.24. The van der Waals surface area contributed by atoms with Crippen LogP contribution in [0.3, 0.4) is 0 Å². The second-order valence-corrected chi connectivity index (χ2v) is 6.21. The molecule has 1 saturated heterocycles. The molecule has 2 heterocycles. The third-order valence-electron chi connectivity index (χ3n) is 4.14. The van der Waals surface area contributed by atoms with Crippen LogP contribution in [0, 0.1) is 5.92 Å². The van der Waals surface area contributed by atoms with Gasteiger partial charge in [0.25, 0.3) is 5.91 Å². The van der Waals surface area contributed by atoms with Crippen LogP contribution in [0.1, 0.15) is 37.2 Å². The lowest BCUT2D eigenvalue weighted by Crippen LogP contribution is -2.31. The summed E-state index contributed by atoms with van der Waals surface area (Å²) in [5, 5.41) is 3.36. The second kappa shape index (κ2) is 7.39. The molecule has 7 nitrogen and oxygen atoms in total. The maximum atomic E-state index is 12.0. The van der Waals surface area contributed by atoms with Crippen molar-refractivity contribution in [1.82, 2.24) is 19.8 Å². The zero-order chi connectivity index (χ0) is 17.0. The summed E-state index contributed by atoms with van der Waals surface area (Å²) in [7, 11) is 3.37. The van der Waals surface area contributed by atoms with Crippen molar-refractivity contribution in [2.75, 3.05) is 32.5 Å². The lowest BCUT2D eigenvalue weighted by molar-refractivity contribution is -0.127. The largest absolute Gasteiger partial charge is 0.364 e. The highest BCUT2D eigenvalue weighted by molar-refractivity contribution is 5.91. The number of hydrogen-bond acceptors (Lipinski definition) is 5. The summed E-state index contributed by atoms with van der Waals surface area (Å²) < 4.78 is 0. The second-order valence-electron chi connectivity index (χ2n) is 6.21. The van der Waals surface area contributed by atoms with Crippen LogP contribution in [0.5, 0.6) is 0 Å². The summed E-state index contributed by atoms with van der Waals surface area (Å²) in [4.78, 5) is 35.4. The normalized spacial score (nSPS) is 20.4. The van der Waals surface area contributed by atoms with Crippen LogP contribution in [0.4, 0.5) is 5.82 Å². The van der Waals surface area contributed by atoms with Gasteiger partial charge >= 0.3 is 0 Å². The molecule has 7 heteroatoms. The predicted molar refractivity (Wildman–Crippen MR) is 88.1 cm³/mol. The van der Waals surface area contributed by atoms with E-state index in [9.17, 15) is 9.59 Å². The number of carbonyl (C=O) groups excluding carboxylic acids is 2. The monoisotopic (exact) mass is 319 g/mol. The van der Waals surface area contributed by atoms with Crippen molar-refractivity contribution < 1.29 is 9.59 Å². The summed E-state index contributed by atoms with van der Waals surface area (Å²) in [6.45, 7) is 5.17. The molecule has 0 radical (unpaired) electrons. The summed E-state index contributed by atoms with van der Waals surface area (Å²) in [6.07, 6.45) is 5.20. The number of amides is 2. The van der Waals surface area contributed by atoms with E-state index in [0.717, 1.165) is 19.4 Å². The molecule has 0 unspecified atom stereocenters. The third-order valence-corrected chi connectivity index (χ3v) is 4.14. The van der Waals surface area contributed by atoms with Crippen LogP contribution in [-0.4, -0.2) is 64.8 Å². The van der Waals surface area contributed by atoms with Crippen molar-refractivity contribution >= 4 is 17.6 Å². The maximum Gasteiger partial charge on any atom is 0.273 e. The van der Waals surface area contributed by atoms with Gasteiger partial charge in [0.1, 0.15) is 11.5 Å². The molecular weight excluding hydrogens is 294 g/mol. The zero-order valence-electron chi connectivity index (χ0n) is 14.2. The molecule has 1 aromatic heterocycles. The minimum Gasteiger partial charge on any atom is -0.364 e. The fourth-order valence-corrected chi connectivity index (χ4v) is 2.91. The van der Waals surface area contributed by atoms with Gasteiger partial charge in [-0.2, -0.15) is 0 Å². The first-order valence-corrected chi connectivity index (χ1v) is 7.98. The van der Waals surface area contributed by atoms with E-state index in [4.69, 9.17) is 0 Å². The van der Waals surface area contributed by atoms with Gasteiger partial charge in [0, 0.05) is 40.2 Å². The zero-order valence-corrected chi connectivity index (χ0v) is 14.2. The highest BCUT2D eigenvalue weighted by Crippen LogP contribution is 2.24. The van der Waals surface area contributed by atoms with Crippen molar-refractivity contribution in [3.63, 3.8) is 0 Å². The van der Waals surface area contributed by atoms with Crippen LogP contribution in [-0.2, 0) is 4.79 Å². The Morgan fingerprint density at radius 1 is 1.35 bits per heavy atom. The molecule has 1 aliphatic heterocycles. The van der Waals surface area contributed by atoms with E-state index < -0.39 is 0 Å². The standard InChI is InChI=1S/C16H25N5O2/c1-5-6-12-9-21(11(2)22)10-14(12)19-15-8-17-7-13(18-15)16(23)20(3)4/h7-8,12,14H,5-6,9-10H2,1-4H3,(H,18,19)/t12-,14-/m1/s1. The smallest absolute Gasteiger partial charge is 0.273 e. The lowest BCUT2D eigenvalue weighted by Gasteiger charge is -2.19. The molecule has 1 fully saturated rings. The quantitative estimate of drug-likeness (QED) is 0.883. The summed E-state index contributed by atoms with van der Waals surface area (Å²) in [6, 6.07) is 0.137. The van der Waals surface area contributed by atoms with Gasteiger partial charge in [0.05, 0.1) is 12.4 Å². The molecule has 126 valence electrons. The van der Waals surface area contributed by atoms with Crippen molar-refractivity contribution in [3.05, 3.63) is 18.1 Å². The Bertz CT molecular complexity index is 575. The van der Waals surface area contributed by atoms with Crippen molar-refractivity contribution in [1.29, 1.82) is 0 Å². The molecule has 1 aromatic rings. The molecule has 23 heavy (non-hydrogen) atoms. The molecular formula is C16H25N5O2. The highest BCUT2D eigenvalue weighted by atomic mass is 16.2. The van der Waals surface area contributed by atoms with E-state index in [1.54, 1.807) is 27.2 Å². The summed E-state index contributed by atoms with van der Waals surface area (Å²) in [5.74, 6) is 0.883. The van der Waals surface area contributed by atoms with E-state index in [0.29, 0.717) is 24.0 Å². The van der Waals surface area contributed by atoms with Crippen LogP contribution in [0.25, 0.3) is 0 Å². The van der Waals surface area contributed by atoms with Gasteiger partial charge in [-0.1, -0.05) is 13.3 Å². The molecule has 0 aromatic carbocycles. The van der Waals surface area contributed by atoms with Crippen molar-refractivity contribution in [2.45, 2.75) is 32.7 Å². The third kappa shape index (κ3) is 4.18. The van der Waals surface area contributed by atoms with Crippen LogP contribution in [0.15, 0.2) is 12.4 Å².